The van der Waals surface area contributed by atoms with Crippen molar-refractivity contribution in [2.24, 2.45) is 0 Å². The maximum Gasteiger partial charge on any atom is 0.337 e. The van der Waals surface area contributed by atoms with Crippen molar-refractivity contribution in [3.05, 3.63) is 75.9 Å². The fourth-order valence-electron chi connectivity index (χ4n) is 4.35. The maximum absolute atomic E-state index is 14.6. The molecule has 4 aromatic rings. The molecule has 4 rings (SSSR count). The van der Waals surface area contributed by atoms with Gasteiger partial charge in [0.1, 0.15) is 18.0 Å². The number of aromatic carboxylic acids is 1. The second kappa shape index (κ2) is 9.81. The van der Waals surface area contributed by atoms with E-state index in [2.05, 4.69) is 15.3 Å². The number of rotatable bonds is 8. The quantitative estimate of drug-likeness (QED) is 0.310. The summed E-state index contributed by atoms with van der Waals surface area (Å²) >= 11 is 6.31. The molecule has 0 aliphatic rings. The molecule has 8 heteroatoms. The number of fused-ring (bicyclic) bond motifs is 1. The molecule has 0 fully saturated rings. The predicted molar refractivity (Wildman–Crippen MR) is 133 cm³/mol. The van der Waals surface area contributed by atoms with Gasteiger partial charge in [0.2, 0.25) is 0 Å². The zero-order valence-electron chi connectivity index (χ0n) is 19.3. The van der Waals surface area contributed by atoms with Crippen LogP contribution in [0.25, 0.3) is 22.2 Å². The van der Waals surface area contributed by atoms with Crippen LogP contribution >= 0.6 is 11.6 Å². The van der Waals surface area contributed by atoms with Gasteiger partial charge in [0.15, 0.2) is 0 Å². The van der Waals surface area contributed by atoms with Gasteiger partial charge >= 0.3 is 5.97 Å². The van der Waals surface area contributed by atoms with Gasteiger partial charge in [0.05, 0.1) is 21.8 Å². The lowest BCUT2D eigenvalue weighted by Gasteiger charge is -2.13. The summed E-state index contributed by atoms with van der Waals surface area (Å²) < 4.78 is 16.6. The highest BCUT2D eigenvalue weighted by Crippen LogP contribution is 2.30. The summed E-state index contributed by atoms with van der Waals surface area (Å²) in [7, 11) is 0. The number of halogens is 2. The minimum absolute atomic E-state index is 0.136. The summed E-state index contributed by atoms with van der Waals surface area (Å²) in [4.78, 5) is 20.3. The van der Waals surface area contributed by atoms with E-state index in [9.17, 15) is 14.3 Å². The second-order valence-electron chi connectivity index (χ2n) is 8.38. The van der Waals surface area contributed by atoms with Crippen molar-refractivity contribution in [2.75, 3.05) is 11.9 Å². The van der Waals surface area contributed by atoms with E-state index in [0.717, 1.165) is 28.6 Å². The van der Waals surface area contributed by atoms with Crippen molar-refractivity contribution in [1.29, 1.82) is 0 Å². The van der Waals surface area contributed by atoms with Gasteiger partial charge in [-0.2, -0.15) is 0 Å². The van der Waals surface area contributed by atoms with Crippen LogP contribution < -0.4 is 5.32 Å². The number of carboxylic acids is 1. The Balaban J connectivity index is 1.55. The van der Waals surface area contributed by atoms with Gasteiger partial charge < -0.3 is 15.0 Å². The van der Waals surface area contributed by atoms with Crippen LogP contribution in [-0.2, 0) is 13.0 Å². The van der Waals surface area contributed by atoms with Crippen LogP contribution in [0.4, 0.5) is 10.2 Å². The molecule has 176 valence electrons. The number of carbonyl (C=O) groups is 1. The summed E-state index contributed by atoms with van der Waals surface area (Å²) in [5.41, 5.74) is 4.67. The van der Waals surface area contributed by atoms with Gasteiger partial charge in [-0.1, -0.05) is 24.9 Å². The van der Waals surface area contributed by atoms with Crippen LogP contribution in [0.5, 0.6) is 0 Å². The molecule has 0 aliphatic carbocycles. The molecular formula is C26H26ClFN4O2. The summed E-state index contributed by atoms with van der Waals surface area (Å²) in [5, 5.41) is 13.9. The Morgan fingerprint density at radius 2 is 1.94 bits per heavy atom. The van der Waals surface area contributed by atoms with Crippen molar-refractivity contribution >= 4 is 34.3 Å². The zero-order chi connectivity index (χ0) is 24.4. The number of aromatic nitrogens is 3. The van der Waals surface area contributed by atoms with Crippen LogP contribution in [0.2, 0.25) is 5.02 Å². The lowest BCUT2D eigenvalue weighted by Crippen LogP contribution is -2.13. The molecule has 0 saturated carbocycles. The molecule has 0 radical (unpaired) electrons. The number of benzene rings is 2. The normalized spacial score (nSPS) is 11.2. The molecule has 0 bridgehead atoms. The predicted octanol–water partition coefficient (Wildman–Crippen LogP) is 6.27. The molecule has 0 atom stereocenters. The summed E-state index contributed by atoms with van der Waals surface area (Å²) in [6.45, 7) is 6.94. The molecule has 0 spiro atoms. The van der Waals surface area contributed by atoms with Crippen LogP contribution in [-0.4, -0.2) is 32.2 Å². The van der Waals surface area contributed by atoms with Crippen LogP contribution in [0.15, 0.2) is 42.7 Å². The summed E-state index contributed by atoms with van der Waals surface area (Å²) in [5.74, 6) is -0.646. The maximum atomic E-state index is 14.6. The number of nitrogens with one attached hydrogen (secondary N) is 1. The van der Waals surface area contributed by atoms with Crippen molar-refractivity contribution in [1.82, 2.24) is 14.5 Å². The number of carboxylic acid groups (broad SMARTS) is 1. The third kappa shape index (κ3) is 4.75. The molecule has 2 N–H and O–H groups in total. The highest BCUT2D eigenvalue weighted by molar-refractivity contribution is 6.34. The Hall–Kier alpha value is -3.45. The second-order valence-corrected chi connectivity index (χ2v) is 8.79. The highest BCUT2D eigenvalue weighted by atomic mass is 35.5. The molecule has 0 amide bonds. The Morgan fingerprint density at radius 3 is 2.68 bits per heavy atom. The van der Waals surface area contributed by atoms with Gasteiger partial charge in [0.25, 0.3) is 0 Å². The largest absolute Gasteiger partial charge is 0.478 e. The first-order valence-electron chi connectivity index (χ1n) is 11.2. The Kier molecular flexibility index (Phi) is 6.84. The van der Waals surface area contributed by atoms with E-state index in [1.165, 1.54) is 6.33 Å². The van der Waals surface area contributed by atoms with Gasteiger partial charge in [-0.25, -0.2) is 19.2 Å². The molecular weight excluding hydrogens is 455 g/mol. The van der Waals surface area contributed by atoms with Gasteiger partial charge in [-0.3, -0.25) is 0 Å². The van der Waals surface area contributed by atoms with Crippen LogP contribution in [0, 0.1) is 19.7 Å². The number of nitrogens with zero attached hydrogens (tertiary/aromatic N) is 3. The third-order valence-corrected chi connectivity index (χ3v) is 6.10. The molecule has 2 heterocycles. The van der Waals surface area contributed by atoms with Crippen molar-refractivity contribution < 1.29 is 14.3 Å². The van der Waals surface area contributed by atoms with Gasteiger partial charge in [-0.05, 0) is 61.7 Å². The molecule has 34 heavy (non-hydrogen) atoms. The minimum atomic E-state index is -1.04. The van der Waals surface area contributed by atoms with Crippen molar-refractivity contribution in [3.63, 3.8) is 0 Å². The molecule has 2 aromatic carbocycles. The van der Waals surface area contributed by atoms with Crippen molar-refractivity contribution in [3.8, 4) is 11.3 Å². The van der Waals surface area contributed by atoms with Crippen LogP contribution in [0.3, 0.4) is 0 Å². The van der Waals surface area contributed by atoms with E-state index in [0.29, 0.717) is 42.1 Å². The van der Waals surface area contributed by atoms with E-state index in [1.54, 1.807) is 18.2 Å². The number of aryl methyl sites for hydroxylation is 3. The number of hydrogen-bond donors (Lipinski definition) is 2. The first kappa shape index (κ1) is 23.7. The lowest BCUT2D eigenvalue weighted by atomic mass is 9.98. The van der Waals surface area contributed by atoms with Crippen molar-refractivity contribution in [2.45, 2.75) is 40.2 Å². The number of hydrogen-bond acceptors (Lipinski definition) is 4. The van der Waals surface area contributed by atoms with Gasteiger partial charge in [0, 0.05) is 35.8 Å². The molecule has 6 nitrogen and oxygen atoms in total. The highest BCUT2D eigenvalue weighted by Gasteiger charge is 2.17. The minimum Gasteiger partial charge on any atom is -0.478 e. The summed E-state index contributed by atoms with van der Waals surface area (Å²) in [6.07, 6.45) is 2.85. The van der Waals surface area contributed by atoms with E-state index in [4.69, 9.17) is 11.6 Å². The van der Waals surface area contributed by atoms with E-state index >= 15 is 0 Å². The van der Waals surface area contributed by atoms with E-state index in [-0.39, 0.29) is 16.4 Å². The first-order valence-corrected chi connectivity index (χ1v) is 11.5. The third-order valence-electron chi connectivity index (χ3n) is 5.81. The monoisotopic (exact) mass is 480 g/mol. The lowest BCUT2D eigenvalue weighted by molar-refractivity contribution is 0.0696. The zero-order valence-corrected chi connectivity index (χ0v) is 20.1. The Labute approximate surface area is 202 Å². The van der Waals surface area contributed by atoms with Gasteiger partial charge in [-0.15, -0.1) is 0 Å². The van der Waals surface area contributed by atoms with Crippen LogP contribution in [0.1, 0.15) is 40.5 Å². The molecule has 0 unspecified atom stereocenters. The SMILES string of the molecule is CCCc1cc(-c2cc(NCCn3c(C)cc4cc(C)cc(F)c43)ncn2)cc(Cl)c1C(=O)O. The average molecular weight is 481 g/mol. The standard InChI is InChI=1S/C26H26ClFN4O2/c1-4-5-17-11-18(12-20(27)24(17)26(33)34)22-13-23(31-14-30-22)29-6-7-32-16(3)10-19-8-15(2)9-21(28)25(19)32/h8-14H,4-7H2,1-3H3,(H,33,34)(H,29,30,31). The first-order chi connectivity index (χ1) is 16.3. The Bertz CT molecular complexity index is 1380. The topological polar surface area (TPSA) is 80.0 Å². The van der Waals surface area contributed by atoms with E-state index < -0.39 is 5.97 Å². The summed E-state index contributed by atoms with van der Waals surface area (Å²) in [6, 6.07) is 10.8. The molecule has 0 saturated heterocycles. The molecule has 2 aromatic heterocycles. The Morgan fingerprint density at radius 1 is 1.15 bits per heavy atom. The smallest absolute Gasteiger partial charge is 0.337 e. The fourth-order valence-corrected chi connectivity index (χ4v) is 4.67. The number of anilines is 1. The fraction of sp³-hybridized carbons (Fsp3) is 0.269. The average Bonchev–Trinajstić information content (AvgIpc) is 3.08. The molecule has 0 aliphatic heterocycles. The van der Waals surface area contributed by atoms with E-state index in [1.807, 2.05) is 43.5 Å².